The number of carbonyl (C=O) groups is 2. The number of carboxylic acids is 1. The van der Waals surface area contributed by atoms with Crippen molar-refractivity contribution in [1.29, 1.82) is 0 Å². The summed E-state index contributed by atoms with van der Waals surface area (Å²) in [4.78, 5) is 25.9. The summed E-state index contributed by atoms with van der Waals surface area (Å²) in [6, 6.07) is 3.58. The Morgan fingerprint density at radius 2 is 2.29 bits per heavy atom. The molecule has 86 valence electrons. The highest BCUT2D eigenvalue weighted by atomic mass is 16.4. The van der Waals surface area contributed by atoms with E-state index in [-0.39, 0.29) is 11.3 Å². The van der Waals surface area contributed by atoms with E-state index in [0.29, 0.717) is 17.7 Å². The van der Waals surface area contributed by atoms with Crippen molar-refractivity contribution in [3.63, 3.8) is 0 Å². The monoisotopic (exact) mass is 231 g/mol. The summed E-state index contributed by atoms with van der Waals surface area (Å²) in [5, 5.41) is 15.0. The summed E-state index contributed by atoms with van der Waals surface area (Å²) < 4.78 is 0. The van der Waals surface area contributed by atoms with Crippen LogP contribution in [0.25, 0.3) is 11.4 Å². The Hall–Kier alpha value is -2.50. The average molecular weight is 231 g/mol. The van der Waals surface area contributed by atoms with E-state index >= 15 is 0 Å². The van der Waals surface area contributed by atoms with E-state index in [1.165, 1.54) is 0 Å². The molecule has 0 aliphatic rings. The van der Waals surface area contributed by atoms with E-state index in [0.717, 1.165) is 5.56 Å². The number of hydrogen-bond donors (Lipinski definition) is 2. The van der Waals surface area contributed by atoms with Gasteiger partial charge in [-0.15, -0.1) is 0 Å². The van der Waals surface area contributed by atoms with Crippen LogP contribution in [0.2, 0.25) is 0 Å². The van der Waals surface area contributed by atoms with E-state index in [4.69, 9.17) is 5.11 Å². The van der Waals surface area contributed by atoms with Gasteiger partial charge >= 0.3 is 5.97 Å². The summed E-state index contributed by atoms with van der Waals surface area (Å²) in [6.07, 6.45) is 2.04. The molecule has 2 rings (SSSR count). The van der Waals surface area contributed by atoms with E-state index < -0.39 is 5.97 Å². The Labute approximate surface area is 96.3 Å². The molecule has 0 aliphatic carbocycles. The molecule has 2 aromatic rings. The molecule has 0 amide bonds. The van der Waals surface area contributed by atoms with Gasteiger partial charge in [0.25, 0.3) is 0 Å². The lowest BCUT2D eigenvalue weighted by Crippen LogP contribution is -2.01. The molecule has 0 fully saturated rings. The third-order valence-electron chi connectivity index (χ3n) is 2.37. The molecule has 6 nitrogen and oxygen atoms in total. The number of rotatable bonds is 3. The molecule has 6 heteroatoms. The second-order valence-corrected chi connectivity index (χ2v) is 3.45. The van der Waals surface area contributed by atoms with Crippen LogP contribution in [0.5, 0.6) is 0 Å². The second kappa shape index (κ2) is 4.17. The molecule has 0 radical (unpaired) electrons. The number of aromatic carboxylic acids is 1. The van der Waals surface area contributed by atoms with Gasteiger partial charge in [-0.05, 0) is 18.6 Å². The molecule has 2 aromatic heterocycles. The molecule has 0 saturated heterocycles. The van der Waals surface area contributed by atoms with Crippen LogP contribution in [0.4, 0.5) is 0 Å². The number of nitrogens with zero attached hydrogens (tertiary/aromatic N) is 2. The smallest absolute Gasteiger partial charge is 0.357 e. The lowest BCUT2D eigenvalue weighted by molar-refractivity contribution is 0.0687. The number of aromatic amines is 1. The SMILES string of the molecule is Cc1cccnc1-c1[nH]nc(C(=O)O)c1C=O. The number of aromatic nitrogens is 3. The number of H-pyrrole nitrogens is 1. The van der Waals surface area contributed by atoms with E-state index in [1.54, 1.807) is 12.3 Å². The molecular formula is C11H9N3O3. The Morgan fingerprint density at radius 3 is 2.88 bits per heavy atom. The Bertz CT molecular complexity index is 589. The fourth-order valence-electron chi connectivity index (χ4n) is 1.56. The molecule has 0 bridgehead atoms. The van der Waals surface area contributed by atoms with Crippen LogP contribution in [0.15, 0.2) is 18.3 Å². The van der Waals surface area contributed by atoms with Gasteiger partial charge in [-0.2, -0.15) is 5.10 Å². The van der Waals surface area contributed by atoms with Gasteiger partial charge < -0.3 is 5.11 Å². The van der Waals surface area contributed by atoms with Gasteiger partial charge in [0.15, 0.2) is 12.0 Å². The third-order valence-corrected chi connectivity index (χ3v) is 2.37. The number of aldehydes is 1. The van der Waals surface area contributed by atoms with Crippen LogP contribution in [0, 0.1) is 6.92 Å². The molecule has 2 N–H and O–H groups in total. The standard InChI is InChI=1S/C11H9N3O3/c1-6-3-2-4-12-8(6)9-7(5-15)10(11(16)17)14-13-9/h2-5H,1H3,(H,13,14)(H,16,17). The van der Waals surface area contributed by atoms with Gasteiger partial charge in [0.1, 0.15) is 0 Å². The quantitative estimate of drug-likeness (QED) is 0.776. The van der Waals surface area contributed by atoms with Crippen molar-refractivity contribution >= 4 is 12.3 Å². The van der Waals surface area contributed by atoms with Gasteiger partial charge in [0, 0.05) is 6.20 Å². The van der Waals surface area contributed by atoms with Crippen molar-refractivity contribution in [3.05, 3.63) is 35.2 Å². The molecule has 17 heavy (non-hydrogen) atoms. The lowest BCUT2D eigenvalue weighted by atomic mass is 10.1. The normalized spacial score (nSPS) is 10.2. The maximum absolute atomic E-state index is 10.9. The van der Waals surface area contributed by atoms with E-state index in [1.807, 2.05) is 13.0 Å². The predicted molar refractivity (Wildman–Crippen MR) is 58.9 cm³/mol. The summed E-state index contributed by atoms with van der Waals surface area (Å²) in [6.45, 7) is 1.82. The first-order chi connectivity index (χ1) is 8.15. The van der Waals surface area contributed by atoms with Crippen LogP contribution >= 0.6 is 0 Å². The number of hydrogen-bond acceptors (Lipinski definition) is 4. The van der Waals surface area contributed by atoms with Crippen LogP contribution in [0.1, 0.15) is 26.4 Å². The van der Waals surface area contributed by atoms with Crippen molar-refractivity contribution in [2.45, 2.75) is 6.92 Å². The van der Waals surface area contributed by atoms with Crippen molar-refractivity contribution in [1.82, 2.24) is 15.2 Å². The van der Waals surface area contributed by atoms with Crippen LogP contribution in [-0.4, -0.2) is 32.5 Å². The summed E-state index contributed by atoms with van der Waals surface area (Å²) in [5.74, 6) is -1.25. The summed E-state index contributed by atoms with van der Waals surface area (Å²) in [7, 11) is 0. The second-order valence-electron chi connectivity index (χ2n) is 3.45. The lowest BCUT2D eigenvalue weighted by Gasteiger charge is -2.01. The van der Waals surface area contributed by atoms with Crippen molar-refractivity contribution in [2.75, 3.05) is 0 Å². The molecule has 0 spiro atoms. The summed E-state index contributed by atoms with van der Waals surface area (Å²) >= 11 is 0. The van der Waals surface area contributed by atoms with Gasteiger partial charge in [0.05, 0.1) is 17.0 Å². The van der Waals surface area contributed by atoms with Gasteiger partial charge in [0.2, 0.25) is 0 Å². The van der Waals surface area contributed by atoms with Crippen LogP contribution in [-0.2, 0) is 0 Å². The first kappa shape index (κ1) is 11.0. The van der Waals surface area contributed by atoms with Crippen LogP contribution < -0.4 is 0 Å². The predicted octanol–water partition coefficient (Wildman–Crippen LogP) is 1.29. The first-order valence-electron chi connectivity index (χ1n) is 4.84. The Balaban J connectivity index is 2.65. The highest BCUT2D eigenvalue weighted by Gasteiger charge is 2.20. The van der Waals surface area contributed by atoms with Crippen LogP contribution in [0.3, 0.4) is 0 Å². The fraction of sp³-hybridized carbons (Fsp3) is 0.0909. The first-order valence-corrected chi connectivity index (χ1v) is 4.84. The largest absolute Gasteiger partial charge is 0.476 e. The van der Waals surface area contributed by atoms with E-state index in [2.05, 4.69) is 15.2 Å². The number of pyridine rings is 1. The van der Waals surface area contributed by atoms with Crippen molar-refractivity contribution < 1.29 is 14.7 Å². The molecule has 0 unspecified atom stereocenters. The highest BCUT2D eigenvalue weighted by Crippen LogP contribution is 2.23. The minimum Gasteiger partial charge on any atom is -0.476 e. The average Bonchev–Trinajstić information content (AvgIpc) is 2.73. The number of carbonyl (C=O) groups excluding carboxylic acids is 1. The fourth-order valence-corrected chi connectivity index (χ4v) is 1.56. The van der Waals surface area contributed by atoms with E-state index in [9.17, 15) is 9.59 Å². The van der Waals surface area contributed by atoms with Gasteiger partial charge in [-0.25, -0.2) is 4.79 Å². The zero-order valence-corrected chi connectivity index (χ0v) is 8.97. The zero-order chi connectivity index (χ0) is 12.4. The third kappa shape index (κ3) is 1.80. The molecule has 0 saturated carbocycles. The number of aryl methyl sites for hydroxylation is 1. The van der Waals surface area contributed by atoms with Crippen molar-refractivity contribution in [3.8, 4) is 11.4 Å². The molecule has 0 aromatic carbocycles. The molecule has 0 aliphatic heterocycles. The maximum atomic E-state index is 10.9. The van der Waals surface area contributed by atoms with Gasteiger partial charge in [-0.3, -0.25) is 14.9 Å². The maximum Gasteiger partial charge on any atom is 0.357 e. The number of nitrogens with one attached hydrogen (secondary N) is 1. The minimum atomic E-state index is -1.25. The minimum absolute atomic E-state index is 0.0132. The molecule has 2 heterocycles. The molecular weight excluding hydrogens is 222 g/mol. The van der Waals surface area contributed by atoms with Crippen molar-refractivity contribution in [2.24, 2.45) is 0 Å². The topological polar surface area (TPSA) is 95.9 Å². The summed E-state index contributed by atoms with van der Waals surface area (Å²) in [5.41, 5.74) is 1.40. The highest BCUT2D eigenvalue weighted by molar-refractivity contribution is 5.99. The van der Waals surface area contributed by atoms with Gasteiger partial charge in [-0.1, -0.05) is 6.07 Å². The zero-order valence-electron chi connectivity index (χ0n) is 8.97. The Kier molecular flexibility index (Phi) is 2.70. The Morgan fingerprint density at radius 1 is 1.53 bits per heavy atom. The molecule has 0 atom stereocenters. The number of carboxylic acid groups (broad SMARTS) is 1.